The summed E-state index contributed by atoms with van der Waals surface area (Å²) in [6, 6.07) is 7.36. The number of carboxylic acid groups (broad SMARTS) is 1. The van der Waals surface area contributed by atoms with Crippen LogP contribution in [0.3, 0.4) is 0 Å². The van der Waals surface area contributed by atoms with Crippen LogP contribution in [-0.4, -0.2) is 51.0 Å². The van der Waals surface area contributed by atoms with Gasteiger partial charge in [0.05, 0.1) is 13.5 Å². The van der Waals surface area contributed by atoms with Crippen molar-refractivity contribution in [3.63, 3.8) is 0 Å². The highest BCUT2D eigenvalue weighted by molar-refractivity contribution is 7.87. The van der Waals surface area contributed by atoms with Crippen LogP contribution in [-0.2, 0) is 21.4 Å². The third-order valence-corrected chi connectivity index (χ3v) is 4.46. The van der Waals surface area contributed by atoms with Gasteiger partial charge < -0.3 is 9.84 Å². The molecule has 21 heavy (non-hydrogen) atoms. The lowest BCUT2D eigenvalue weighted by Gasteiger charge is -2.16. The first-order valence-corrected chi connectivity index (χ1v) is 7.85. The summed E-state index contributed by atoms with van der Waals surface area (Å²) in [4.78, 5) is 10.4. The van der Waals surface area contributed by atoms with Crippen LogP contribution in [0.1, 0.15) is 12.0 Å². The van der Waals surface area contributed by atoms with Crippen molar-refractivity contribution in [2.24, 2.45) is 0 Å². The minimum absolute atomic E-state index is 0.0656. The minimum atomic E-state index is -3.65. The molecule has 1 aromatic carbocycles. The zero-order chi connectivity index (χ0) is 15.9. The summed E-state index contributed by atoms with van der Waals surface area (Å²) in [5, 5.41) is 8.55. The molecule has 2 N–H and O–H groups in total. The van der Waals surface area contributed by atoms with Crippen LogP contribution >= 0.6 is 0 Å². The minimum Gasteiger partial charge on any atom is -0.497 e. The van der Waals surface area contributed by atoms with Gasteiger partial charge >= 0.3 is 5.97 Å². The zero-order valence-electron chi connectivity index (χ0n) is 12.1. The first kappa shape index (κ1) is 17.4. The number of methoxy groups -OCH3 is 1. The van der Waals surface area contributed by atoms with Gasteiger partial charge in [-0.15, -0.1) is 0 Å². The van der Waals surface area contributed by atoms with Crippen molar-refractivity contribution in [2.75, 3.05) is 27.2 Å². The van der Waals surface area contributed by atoms with Crippen LogP contribution in [0.4, 0.5) is 0 Å². The van der Waals surface area contributed by atoms with E-state index in [0.29, 0.717) is 12.2 Å². The number of aliphatic carboxylic acids is 1. The predicted molar refractivity (Wildman–Crippen MR) is 78.5 cm³/mol. The highest BCUT2D eigenvalue weighted by Gasteiger charge is 2.17. The fourth-order valence-electron chi connectivity index (χ4n) is 1.64. The number of ether oxygens (including phenoxy) is 1. The third kappa shape index (κ3) is 6.11. The maximum absolute atomic E-state index is 11.9. The van der Waals surface area contributed by atoms with Crippen molar-refractivity contribution >= 4 is 16.2 Å². The molecule has 0 aliphatic heterocycles. The topological polar surface area (TPSA) is 95.9 Å². The maximum Gasteiger partial charge on any atom is 0.304 e. The molecule has 0 aromatic heterocycles. The Bertz CT molecular complexity index is 574. The van der Waals surface area contributed by atoms with Gasteiger partial charge in [-0.1, -0.05) is 12.1 Å². The number of benzene rings is 1. The number of nitrogens with one attached hydrogen (secondary N) is 1. The molecule has 0 unspecified atom stereocenters. The van der Waals surface area contributed by atoms with Crippen molar-refractivity contribution in [1.82, 2.24) is 9.03 Å². The van der Waals surface area contributed by atoms with Crippen LogP contribution in [0.5, 0.6) is 5.75 Å². The zero-order valence-corrected chi connectivity index (χ0v) is 12.9. The molecule has 1 aromatic rings. The van der Waals surface area contributed by atoms with Gasteiger partial charge in [0.25, 0.3) is 10.2 Å². The maximum atomic E-state index is 11.9. The standard InChI is InChI=1S/C13H20N2O5S/c1-15(9-7-13(16)17)21(18,19)14-8-6-11-4-3-5-12(10-11)20-2/h3-5,10,14H,6-9H2,1-2H3,(H,16,17). The second-order valence-corrected chi connectivity index (χ2v) is 6.33. The van der Waals surface area contributed by atoms with E-state index >= 15 is 0 Å². The van der Waals surface area contributed by atoms with E-state index in [4.69, 9.17) is 9.84 Å². The second kappa shape index (κ2) is 7.96. The number of hydrogen-bond donors (Lipinski definition) is 2. The SMILES string of the molecule is COc1cccc(CCNS(=O)(=O)N(C)CCC(=O)O)c1. The monoisotopic (exact) mass is 316 g/mol. The molecule has 0 saturated carbocycles. The van der Waals surface area contributed by atoms with Crippen LogP contribution in [0.25, 0.3) is 0 Å². The Morgan fingerprint density at radius 1 is 1.43 bits per heavy atom. The highest BCUT2D eigenvalue weighted by atomic mass is 32.2. The Labute approximate surface area is 124 Å². The van der Waals surface area contributed by atoms with Gasteiger partial charge in [-0.3, -0.25) is 4.79 Å². The molecular weight excluding hydrogens is 296 g/mol. The van der Waals surface area contributed by atoms with Crippen molar-refractivity contribution in [3.8, 4) is 5.75 Å². The van der Waals surface area contributed by atoms with E-state index in [1.54, 1.807) is 7.11 Å². The molecule has 0 radical (unpaired) electrons. The second-order valence-electron chi connectivity index (χ2n) is 4.47. The Hall–Kier alpha value is -1.64. The molecule has 0 heterocycles. The van der Waals surface area contributed by atoms with Gasteiger partial charge in [0, 0.05) is 20.1 Å². The lowest BCUT2D eigenvalue weighted by atomic mass is 10.1. The number of nitrogens with zero attached hydrogens (tertiary/aromatic N) is 1. The lowest BCUT2D eigenvalue weighted by molar-refractivity contribution is -0.137. The van der Waals surface area contributed by atoms with Crippen LogP contribution < -0.4 is 9.46 Å². The van der Waals surface area contributed by atoms with E-state index in [-0.39, 0.29) is 19.5 Å². The molecule has 0 spiro atoms. The summed E-state index contributed by atoms with van der Waals surface area (Å²) < 4.78 is 32.2. The Balaban J connectivity index is 2.47. The fraction of sp³-hybridized carbons (Fsp3) is 0.462. The molecule has 0 aliphatic carbocycles. The molecule has 0 amide bonds. The van der Waals surface area contributed by atoms with Gasteiger partial charge in [-0.05, 0) is 24.1 Å². The van der Waals surface area contributed by atoms with E-state index in [2.05, 4.69) is 4.72 Å². The molecule has 7 nitrogen and oxygen atoms in total. The van der Waals surface area contributed by atoms with E-state index in [9.17, 15) is 13.2 Å². The number of carbonyl (C=O) groups is 1. The van der Waals surface area contributed by atoms with Crippen molar-refractivity contribution in [3.05, 3.63) is 29.8 Å². The van der Waals surface area contributed by atoms with Crippen LogP contribution in [0, 0.1) is 0 Å². The Morgan fingerprint density at radius 2 is 2.14 bits per heavy atom. The Kier molecular flexibility index (Phi) is 6.60. The molecule has 0 bridgehead atoms. The van der Waals surface area contributed by atoms with E-state index in [1.807, 2.05) is 24.3 Å². The first-order chi connectivity index (χ1) is 9.85. The van der Waals surface area contributed by atoms with Crippen LogP contribution in [0.15, 0.2) is 24.3 Å². The van der Waals surface area contributed by atoms with Gasteiger partial charge in [0.1, 0.15) is 5.75 Å². The van der Waals surface area contributed by atoms with E-state index in [0.717, 1.165) is 9.87 Å². The summed E-state index contributed by atoms with van der Waals surface area (Å²) in [5.74, 6) is -0.317. The molecule has 118 valence electrons. The van der Waals surface area contributed by atoms with Gasteiger partial charge in [-0.2, -0.15) is 12.7 Å². The fourth-order valence-corrected chi connectivity index (χ4v) is 2.55. The van der Waals surface area contributed by atoms with Gasteiger partial charge in [0.15, 0.2) is 0 Å². The average molecular weight is 316 g/mol. The lowest BCUT2D eigenvalue weighted by Crippen LogP contribution is -2.40. The molecular formula is C13H20N2O5S. The molecule has 8 heteroatoms. The summed E-state index contributed by atoms with van der Waals surface area (Å²) in [6.45, 7) is 0.163. The summed E-state index contributed by atoms with van der Waals surface area (Å²) in [7, 11) is -0.740. The van der Waals surface area contributed by atoms with Crippen molar-refractivity contribution in [2.45, 2.75) is 12.8 Å². The average Bonchev–Trinajstić information content (AvgIpc) is 2.44. The molecule has 0 atom stereocenters. The van der Waals surface area contributed by atoms with Crippen molar-refractivity contribution in [1.29, 1.82) is 0 Å². The quantitative estimate of drug-likeness (QED) is 0.691. The normalized spacial score (nSPS) is 11.6. The van der Waals surface area contributed by atoms with E-state index < -0.39 is 16.2 Å². The van der Waals surface area contributed by atoms with Crippen LogP contribution in [0.2, 0.25) is 0 Å². The van der Waals surface area contributed by atoms with Crippen molar-refractivity contribution < 1.29 is 23.1 Å². The molecule has 0 fully saturated rings. The largest absolute Gasteiger partial charge is 0.497 e. The van der Waals surface area contributed by atoms with E-state index in [1.165, 1.54) is 7.05 Å². The number of hydrogen-bond acceptors (Lipinski definition) is 4. The highest BCUT2D eigenvalue weighted by Crippen LogP contribution is 2.12. The smallest absolute Gasteiger partial charge is 0.304 e. The van der Waals surface area contributed by atoms with Gasteiger partial charge in [-0.25, -0.2) is 4.72 Å². The summed E-state index contributed by atoms with van der Waals surface area (Å²) in [6.07, 6.45) is 0.288. The number of rotatable bonds is 9. The molecule has 0 saturated heterocycles. The molecule has 0 aliphatic rings. The summed E-state index contributed by atoms with van der Waals surface area (Å²) in [5.41, 5.74) is 0.949. The van der Waals surface area contributed by atoms with Gasteiger partial charge in [0.2, 0.25) is 0 Å². The molecule has 1 rings (SSSR count). The Morgan fingerprint density at radius 3 is 2.76 bits per heavy atom. The summed E-state index contributed by atoms with van der Waals surface area (Å²) >= 11 is 0. The third-order valence-electron chi connectivity index (χ3n) is 2.88. The first-order valence-electron chi connectivity index (χ1n) is 6.41. The predicted octanol–water partition coefficient (Wildman–Crippen LogP) is 0.479. The number of carboxylic acids is 1.